The molecule has 0 fully saturated rings. The number of amides is 1. The van der Waals surface area contributed by atoms with Crippen LogP contribution in [0.1, 0.15) is 18.1 Å². The van der Waals surface area contributed by atoms with Crippen molar-refractivity contribution in [3.05, 3.63) is 59.7 Å². The number of carbonyl (C=O) groups is 1. The summed E-state index contributed by atoms with van der Waals surface area (Å²) in [6.07, 6.45) is -5.28. The predicted molar refractivity (Wildman–Crippen MR) is 92.0 cm³/mol. The molecule has 1 N–H and O–H groups in total. The normalized spacial score (nSPS) is 12.1. The number of carbonyl (C=O) groups excluding carboxylic acids is 1. The third-order valence-electron chi connectivity index (χ3n) is 3.47. The van der Waals surface area contributed by atoms with E-state index in [9.17, 15) is 18.0 Å². The van der Waals surface area contributed by atoms with E-state index in [0.29, 0.717) is 0 Å². The lowest BCUT2D eigenvalue weighted by atomic mass is 10.2. The Morgan fingerprint density at radius 1 is 1.22 bits per heavy atom. The highest BCUT2D eigenvalue weighted by molar-refractivity contribution is 5.94. The van der Waals surface area contributed by atoms with Crippen LogP contribution in [0.25, 0.3) is 0 Å². The second-order valence-corrected chi connectivity index (χ2v) is 5.65. The Labute approximate surface area is 154 Å². The molecule has 0 heterocycles. The minimum atomic E-state index is -4.51. The maximum Gasteiger partial charge on any atom is 0.422 e. The SMILES string of the molecule is CC(OCc1ccccc1)C(=O)Nc1ccc(OCC(F)(F)F)c(C#N)c1. The van der Waals surface area contributed by atoms with Gasteiger partial charge in [-0.05, 0) is 30.7 Å². The molecule has 1 unspecified atom stereocenters. The van der Waals surface area contributed by atoms with Crippen molar-refractivity contribution >= 4 is 11.6 Å². The van der Waals surface area contributed by atoms with E-state index < -0.39 is 24.8 Å². The summed E-state index contributed by atoms with van der Waals surface area (Å²) in [5.41, 5.74) is 1.05. The minimum absolute atomic E-state index is 0.116. The monoisotopic (exact) mass is 378 g/mol. The summed E-state index contributed by atoms with van der Waals surface area (Å²) in [7, 11) is 0. The molecule has 2 aromatic rings. The Morgan fingerprint density at radius 3 is 2.56 bits per heavy atom. The van der Waals surface area contributed by atoms with Gasteiger partial charge in [-0.1, -0.05) is 30.3 Å². The summed E-state index contributed by atoms with van der Waals surface area (Å²) in [6.45, 7) is 0.325. The molecule has 0 radical (unpaired) electrons. The number of halogens is 3. The van der Waals surface area contributed by atoms with Crippen LogP contribution in [0.4, 0.5) is 18.9 Å². The number of nitriles is 1. The first kappa shape index (κ1) is 20.3. The van der Waals surface area contributed by atoms with Crippen LogP contribution in [0.15, 0.2) is 48.5 Å². The highest BCUT2D eigenvalue weighted by atomic mass is 19.4. The molecule has 0 spiro atoms. The topological polar surface area (TPSA) is 71.3 Å². The molecular weight excluding hydrogens is 361 g/mol. The van der Waals surface area contributed by atoms with Gasteiger partial charge in [0.25, 0.3) is 5.91 Å². The third-order valence-corrected chi connectivity index (χ3v) is 3.47. The van der Waals surface area contributed by atoms with Crippen LogP contribution in [0.2, 0.25) is 0 Å². The van der Waals surface area contributed by atoms with Crippen LogP contribution < -0.4 is 10.1 Å². The molecule has 5 nitrogen and oxygen atoms in total. The fourth-order valence-electron chi connectivity index (χ4n) is 2.10. The second kappa shape index (κ2) is 9.05. The molecule has 8 heteroatoms. The second-order valence-electron chi connectivity index (χ2n) is 5.65. The van der Waals surface area contributed by atoms with Crippen molar-refractivity contribution in [1.82, 2.24) is 0 Å². The number of anilines is 1. The molecule has 0 aromatic heterocycles. The van der Waals surface area contributed by atoms with Crippen LogP contribution in [-0.2, 0) is 16.1 Å². The van der Waals surface area contributed by atoms with Crippen molar-refractivity contribution in [1.29, 1.82) is 5.26 Å². The fourth-order valence-corrected chi connectivity index (χ4v) is 2.10. The van der Waals surface area contributed by atoms with E-state index in [4.69, 9.17) is 10.00 Å². The highest BCUT2D eigenvalue weighted by Gasteiger charge is 2.29. The minimum Gasteiger partial charge on any atom is -0.483 e. The summed E-state index contributed by atoms with van der Waals surface area (Å²) < 4.78 is 46.8. The number of hydrogen-bond donors (Lipinski definition) is 1. The standard InChI is InChI=1S/C19H17F3N2O3/c1-13(26-11-14-5-3-2-4-6-14)18(25)24-16-7-8-17(15(9-16)10-23)27-12-19(20,21)22/h2-9,13H,11-12H2,1H3,(H,24,25). The van der Waals surface area contributed by atoms with Gasteiger partial charge in [0.1, 0.15) is 17.9 Å². The van der Waals surface area contributed by atoms with E-state index in [0.717, 1.165) is 5.56 Å². The molecule has 0 aliphatic rings. The number of nitrogens with one attached hydrogen (secondary N) is 1. The quantitative estimate of drug-likeness (QED) is 0.789. The summed E-state index contributed by atoms with van der Waals surface area (Å²) in [5.74, 6) is -0.653. The Kier molecular flexibility index (Phi) is 6.79. The molecule has 2 rings (SSSR count). The van der Waals surface area contributed by atoms with Crippen LogP contribution in [0.3, 0.4) is 0 Å². The number of alkyl halides is 3. The average Bonchev–Trinajstić information content (AvgIpc) is 2.65. The third kappa shape index (κ3) is 6.64. The van der Waals surface area contributed by atoms with E-state index in [2.05, 4.69) is 10.1 Å². The molecule has 142 valence electrons. The first-order valence-corrected chi connectivity index (χ1v) is 7.98. The van der Waals surface area contributed by atoms with Crippen molar-refractivity contribution in [3.8, 4) is 11.8 Å². The highest BCUT2D eigenvalue weighted by Crippen LogP contribution is 2.25. The Balaban J connectivity index is 1.95. The molecule has 27 heavy (non-hydrogen) atoms. The maximum atomic E-state index is 12.2. The van der Waals surface area contributed by atoms with E-state index in [-0.39, 0.29) is 23.6 Å². The van der Waals surface area contributed by atoms with E-state index in [1.54, 1.807) is 13.0 Å². The van der Waals surface area contributed by atoms with Crippen molar-refractivity contribution in [2.75, 3.05) is 11.9 Å². The van der Waals surface area contributed by atoms with Gasteiger partial charge in [0.05, 0.1) is 12.2 Å². The van der Waals surface area contributed by atoms with Gasteiger partial charge in [-0.2, -0.15) is 18.4 Å². The molecular formula is C19H17F3N2O3. The van der Waals surface area contributed by atoms with Gasteiger partial charge in [0, 0.05) is 5.69 Å². The predicted octanol–water partition coefficient (Wildman–Crippen LogP) is 4.04. The largest absolute Gasteiger partial charge is 0.483 e. The first-order chi connectivity index (χ1) is 12.8. The molecule has 1 atom stereocenters. The zero-order valence-electron chi connectivity index (χ0n) is 14.4. The fraction of sp³-hybridized carbons (Fsp3) is 0.263. The number of ether oxygens (including phenoxy) is 2. The van der Waals surface area contributed by atoms with Gasteiger partial charge in [0.15, 0.2) is 6.61 Å². The number of benzene rings is 2. The summed E-state index contributed by atoms with van der Waals surface area (Å²) >= 11 is 0. The summed E-state index contributed by atoms with van der Waals surface area (Å²) in [5, 5.41) is 11.6. The lowest BCUT2D eigenvalue weighted by Crippen LogP contribution is -2.27. The molecule has 0 aliphatic heterocycles. The Morgan fingerprint density at radius 2 is 1.93 bits per heavy atom. The lowest BCUT2D eigenvalue weighted by Gasteiger charge is -2.15. The van der Waals surface area contributed by atoms with Gasteiger partial charge in [-0.3, -0.25) is 4.79 Å². The van der Waals surface area contributed by atoms with E-state index in [1.165, 1.54) is 18.2 Å². The summed E-state index contributed by atoms with van der Waals surface area (Å²) in [4.78, 5) is 12.2. The number of nitrogens with zero attached hydrogens (tertiary/aromatic N) is 1. The van der Waals surface area contributed by atoms with Gasteiger partial charge in [-0.15, -0.1) is 0 Å². The smallest absolute Gasteiger partial charge is 0.422 e. The number of hydrogen-bond acceptors (Lipinski definition) is 4. The van der Waals surface area contributed by atoms with Gasteiger partial charge < -0.3 is 14.8 Å². The van der Waals surface area contributed by atoms with Gasteiger partial charge in [-0.25, -0.2) is 0 Å². The Hall–Kier alpha value is -3.05. The average molecular weight is 378 g/mol. The van der Waals surface area contributed by atoms with E-state index >= 15 is 0 Å². The maximum absolute atomic E-state index is 12.2. The molecule has 2 aromatic carbocycles. The zero-order chi connectivity index (χ0) is 19.9. The van der Waals surface area contributed by atoms with Crippen molar-refractivity contribution in [3.63, 3.8) is 0 Å². The van der Waals surface area contributed by atoms with Crippen molar-refractivity contribution in [2.24, 2.45) is 0 Å². The molecule has 0 saturated carbocycles. The molecule has 1 amide bonds. The van der Waals surface area contributed by atoms with Crippen LogP contribution in [0.5, 0.6) is 5.75 Å². The van der Waals surface area contributed by atoms with E-state index in [1.807, 2.05) is 30.3 Å². The van der Waals surface area contributed by atoms with Crippen LogP contribution in [0, 0.1) is 11.3 Å². The van der Waals surface area contributed by atoms with Crippen LogP contribution in [-0.4, -0.2) is 24.8 Å². The van der Waals surface area contributed by atoms with Gasteiger partial charge >= 0.3 is 6.18 Å². The lowest BCUT2D eigenvalue weighted by molar-refractivity contribution is -0.153. The Bertz CT molecular complexity index is 817. The number of rotatable bonds is 7. The zero-order valence-corrected chi connectivity index (χ0v) is 14.4. The first-order valence-electron chi connectivity index (χ1n) is 7.98. The molecule has 0 bridgehead atoms. The van der Waals surface area contributed by atoms with Crippen LogP contribution >= 0.6 is 0 Å². The molecule has 0 saturated heterocycles. The summed E-state index contributed by atoms with van der Waals surface area (Å²) in [6, 6.07) is 14.9. The van der Waals surface area contributed by atoms with Gasteiger partial charge in [0.2, 0.25) is 0 Å². The molecule has 0 aliphatic carbocycles. The van der Waals surface area contributed by atoms with Crippen molar-refractivity contribution in [2.45, 2.75) is 25.8 Å². The van der Waals surface area contributed by atoms with Crippen molar-refractivity contribution < 1.29 is 27.4 Å².